The van der Waals surface area contributed by atoms with Crippen LogP contribution in [0.25, 0.3) is 11.0 Å². The number of hydrazine groups is 1. The first-order valence-corrected chi connectivity index (χ1v) is 11.9. The summed E-state index contributed by atoms with van der Waals surface area (Å²) in [6.45, 7) is 2.62. The van der Waals surface area contributed by atoms with Gasteiger partial charge in [0.2, 0.25) is 0 Å². The van der Waals surface area contributed by atoms with E-state index in [0.29, 0.717) is 23.9 Å². The Bertz CT molecular complexity index is 1370. The van der Waals surface area contributed by atoms with Gasteiger partial charge in [-0.15, -0.1) is 0 Å². The number of imidazole rings is 1. The van der Waals surface area contributed by atoms with Crippen LogP contribution in [0.4, 0.5) is 0 Å². The van der Waals surface area contributed by atoms with E-state index in [1.807, 2.05) is 43.3 Å². The van der Waals surface area contributed by atoms with Crippen molar-refractivity contribution >= 4 is 28.8 Å². The Labute approximate surface area is 196 Å². The number of aromatic nitrogens is 2. The number of para-hydroxylation sites is 2. The van der Waals surface area contributed by atoms with Gasteiger partial charge in [-0.1, -0.05) is 36.4 Å². The molecule has 3 fully saturated rings. The molecule has 1 aromatic heterocycles. The van der Waals surface area contributed by atoms with Crippen LogP contribution in [0.3, 0.4) is 0 Å². The summed E-state index contributed by atoms with van der Waals surface area (Å²) in [5.74, 6) is 0.683. The van der Waals surface area contributed by atoms with Gasteiger partial charge in [0.05, 0.1) is 22.9 Å². The van der Waals surface area contributed by atoms with Crippen LogP contribution >= 0.6 is 0 Å². The Morgan fingerprint density at radius 3 is 2.29 bits per heavy atom. The minimum Gasteiger partial charge on any atom is -0.324 e. The summed E-state index contributed by atoms with van der Waals surface area (Å²) in [6, 6.07) is 15.3. The van der Waals surface area contributed by atoms with Crippen molar-refractivity contribution in [3.63, 3.8) is 0 Å². The molecule has 6 atom stereocenters. The van der Waals surface area contributed by atoms with E-state index in [2.05, 4.69) is 27.1 Å². The van der Waals surface area contributed by atoms with Crippen molar-refractivity contribution in [1.29, 1.82) is 0 Å². The van der Waals surface area contributed by atoms with Crippen LogP contribution in [0.15, 0.2) is 60.7 Å². The summed E-state index contributed by atoms with van der Waals surface area (Å²) in [5, 5.41) is 0.990. The van der Waals surface area contributed by atoms with Crippen molar-refractivity contribution in [2.45, 2.75) is 19.9 Å². The topological polar surface area (TPSA) is 84.3 Å². The molecule has 34 heavy (non-hydrogen) atoms. The lowest BCUT2D eigenvalue weighted by atomic mass is 9.63. The Balaban J connectivity index is 1.08. The van der Waals surface area contributed by atoms with E-state index in [-0.39, 0.29) is 35.5 Å². The van der Waals surface area contributed by atoms with Gasteiger partial charge in [0, 0.05) is 12.1 Å². The average molecular weight is 453 g/mol. The molecule has 2 unspecified atom stereocenters. The number of benzene rings is 2. The van der Waals surface area contributed by atoms with Gasteiger partial charge >= 0.3 is 0 Å². The highest BCUT2D eigenvalue weighted by atomic mass is 16.2. The molecule has 7 nitrogen and oxygen atoms in total. The number of nitrogens with one attached hydrogen (secondary N) is 1. The van der Waals surface area contributed by atoms with Crippen LogP contribution < -0.4 is 5.43 Å². The van der Waals surface area contributed by atoms with Crippen molar-refractivity contribution < 1.29 is 14.4 Å². The molecule has 1 aliphatic heterocycles. The lowest BCUT2D eigenvalue weighted by molar-refractivity contribution is -0.143. The Kier molecular flexibility index (Phi) is 3.99. The SMILES string of the molecule is Cc1nc2ccccc2n1Cc1ccc(C(=O)NN2C(=O)[C@@H]3[C@H](C2=O)[C@@H]2C=C[C@H]3C3CC32)cc1. The number of carbonyl (C=O) groups is 3. The number of rotatable bonds is 4. The number of hydrogen-bond donors (Lipinski definition) is 1. The standard InChI is InChI=1S/C27H24N4O3/c1-14-28-21-4-2-3-5-22(21)30(14)13-15-6-8-16(9-7-15)25(32)29-31-26(33)23-17-10-11-18(20-12-19(17)20)24(23)27(31)34/h2-11,17-20,23-24H,12-13H2,1H3,(H,29,32)/t17-,18+,19?,20?,23-,24+. The third-order valence-electron chi connectivity index (χ3n) is 8.28. The molecule has 1 N–H and O–H groups in total. The fourth-order valence-electron chi connectivity index (χ4n) is 6.57. The van der Waals surface area contributed by atoms with E-state index < -0.39 is 5.91 Å². The van der Waals surface area contributed by atoms with E-state index in [1.54, 1.807) is 12.1 Å². The van der Waals surface area contributed by atoms with E-state index in [9.17, 15) is 14.4 Å². The van der Waals surface area contributed by atoms with Crippen LogP contribution in [0.2, 0.25) is 0 Å². The first-order chi connectivity index (χ1) is 16.5. The van der Waals surface area contributed by atoms with Gasteiger partial charge < -0.3 is 4.57 Å². The molecule has 2 saturated carbocycles. The van der Waals surface area contributed by atoms with Gasteiger partial charge in [0.15, 0.2) is 0 Å². The molecule has 7 heteroatoms. The molecular weight excluding hydrogens is 428 g/mol. The molecular formula is C27H24N4O3. The molecule has 170 valence electrons. The summed E-state index contributed by atoms with van der Waals surface area (Å²) >= 11 is 0. The largest absolute Gasteiger partial charge is 0.324 e. The maximum absolute atomic E-state index is 13.1. The quantitative estimate of drug-likeness (QED) is 0.487. The first-order valence-electron chi connectivity index (χ1n) is 11.9. The molecule has 0 radical (unpaired) electrons. The maximum atomic E-state index is 13.1. The molecule has 0 spiro atoms. The highest BCUT2D eigenvalue weighted by Gasteiger charge is 2.67. The second-order valence-electron chi connectivity index (χ2n) is 10.0. The van der Waals surface area contributed by atoms with E-state index in [0.717, 1.165) is 33.9 Å². The smallest absolute Gasteiger partial charge is 0.270 e. The zero-order valence-electron chi connectivity index (χ0n) is 18.7. The monoisotopic (exact) mass is 452 g/mol. The second-order valence-corrected chi connectivity index (χ2v) is 10.0. The van der Waals surface area contributed by atoms with Gasteiger partial charge in [-0.2, -0.15) is 5.01 Å². The number of allylic oxidation sites excluding steroid dienone is 2. The van der Waals surface area contributed by atoms with Crippen molar-refractivity contribution in [2.75, 3.05) is 0 Å². The lowest BCUT2D eigenvalue weighted by Crippen LogP contribution is -2.46. The minimum absolute atomic E-state index is 0.139. The van der Waals surface area contributed by atoms with Gasteiger partial charge in [-0.25, -0.2) is 4.98 Å². The van der Waals surface area contributed by atoms with Crippen molar-refractivity contribution in [3.05, 3.63) is 77.6 Å². The highest BCUT2D eigenvalue weighted by Crippen LogP contribution is 2.65. The van der Waals surface area contributed by atoms with Crippen LogP contribution in [0, 0.1) is 42.4 Å². The van der Waals surface area contributed by atoms with Gasteiger partial charge in [-0.3, -0.25) is 19.8 Å². The highest BCUT2D eigenvalue weighted by molar-refractivity contribution is 6.08. The van der Waals surface area contributed by atoms with Crippen LogP contribution in [-0.2, 0) is 16.1 Å². The fraction of sp³-hybridized carbons (Fsp3) is 0.333. The number of hydrogen-bond acceptors (Lipinski definition) is 4. The zero-order chi connectivity index (χ0) is 23.1. The van der Waals surface area contributed by atoms with Gasteiger partial charge in [0.25, 0.3) is 17.7 Å². The average Bonchev–Trinajstić information content (AvgIpc) is 3.57. The minimum atomic E-state index is -0.443. The molecule has 8 rings (SSSR count). The molecule has 2 bridgehead atoms. The predicted octanol–water partition coefficient (Wildman–Crippen LogP) is 3.09. The number of imide groups is 1. The molecule has 5 aliphatic rings. The lowest BCUT2D eigenvalue weighted by Gasteiger charge is -2.37. The van der Waals surface area contributed by atoms with Crippen LogP contribution in [0.5, 0.6) is 0 Å². The number of fused-ring (bicyclic) bond motifs is 1. The molecule has 3 amide bonds. The van der Waals surface area contributed by atoms with Crippen LogP contribution in [-0.4, -0.2) is 32.3 Å². The van der Waals surface area contributed by atoms with Crippen molar-refractivity contribution in [1.82, 2.24) is 20.0 Å². The number of amides is 3. The molecule has 4 aliphatic carbocycles. The molecule has 2 aromatic carbocycles. The van der Waals surface area contributed by atoms with Crippen molar-refractivity contribution in [2.24, 2.45) is 35.5 Å². The Morgan fingerprint density at radius 1 is 0.971 bits per heavy atom. The maximum Gasteiger partial charge on any atom is 0.270 e. The summed E-state index contributed by atoms with van der Waals surface area (Å²) in [4.78, 5) is 43.7. The normalized spacial score (nSPS) is 30.6. The Morgan fingerprint density at radius 2 is 1.62 bits per heavy atom. The zero-order valence-corrected chi connectivity index (χ0v) is 18.7. The van der Waals surface area contributed by atoms with Crippen LogP contribution in [0.1, 0.15) is 28.2 Å². The predicted molar refractivity (Wildman–Crippen MR) is 124 cm³/mol. The molecule has 2 heterocycles. The summed E-state index contributed by atoms with van der Waals surface area (Å²) < 4.78 is 2.14. The molecule has 1 saturated heterocycles. The van der Waals surface area contributed by atoms with Gasteiger partial charge in [-0.05, 0) is 66.8 Å². The first kappa shape index (κ1) is 19.7. The molecule has 3 aromatic rings. The number of carbonyl (C=O) groups excluding carboxylic acids is 3. The van der Waals surface area contributed by atoms with Gasteiger partial charge in [0.1, 0.15) is 5.82 Å². The van der Waals surface area contributed by atoms with E-state index in [4.69, 9.17) is 0 Å². The summed E-state index contributed by atoms with van der Waals surface area (Å²) in [7, 11) is 0. The second kappa shape index (κ2) is 6.88. The van der Waals surface area contributed by atoms with E-state index >= 15 is 0 Å². The summed E-state index contributed by atoms with van der Waals surface area (Å²) in [6.07, 6.45) is 5.36. The van der Waals surface area contributed by atoms with E-state index in [1.165, 1.54) is 0 Å². The third kappa shape index (κ3) is 2.70. The van der Waals surface area contributed by atoms with Crippen molar-refractivity contribution in [3.8, 4) is 0 Å². The fourth-order valence-corrected chi connectivity index (χ4v) is 6.57. The number of aryl methyl sites for hydroxylation is 1. The summed E-state index contributed by atoms with van der Waals surface area (Å²) in [5.41, 5.74) is 6.07. The third-order valence-corrected chi connectivity index (χ3v) is 8.28. The number of nitrogens with zero attached hydrogens (tertiary/aromatic N) is 3. The Hall–Kier alpha value is -3.74.